The van der Waals surface area contributed by atoms with Crippen LogP contribution >= 0.6 is 0 Å². The first kappa shape index (κ1) is 74.6. The van der Waals surface area contributed by atoms with Crippen molar-refractivity contribution in [1.82, 2.24) is 16.0 Å². The first-order valence-electron chi connectivity index (χ1n) is 25.9. The zero-order chi connectivity index (χ0) is 67.6. The van der Waals surface area contributed by atoms with Gasteiger partial charge in [-0.1, -0.05) is 0 Å². The zero-order valence-corrected chi connectivity index (χ0v) is 48.5. The molecule has 0 aromatic rings. The Hall–Kier alpha value is -4.41. The van der Waals surface area contributed by atoms with E-state index in [-0.39, 0.29) is 0 Å². The maximum absolute atomic E-state index is 13.1. The lowest BCUT2D eigenvalue weighted by Gasteiger charge is -2.51. The number of ether oxygens (including phenoxy) is 11. The summed E-state index contributed by atoms with van der Waals surface area (Å²) in [5, 5.41) is 146. The Morgan fingerprint density at radius 2 is 0.722 bits per heavy atom. The SMILES string of the molecule is CC(=O)N[C@H]1[C@H](O[C@H]2[C@H](O)[C@@H](O)[C@H](O)O[C@@H]2C(=O)O)O[C@H](CO)[C@H](OS(=O)(=O)O)[C@@H]1O[C@@H]1O[C@H](C(=O)O)[C@@H](O[C@@H]2O[C@H](CO)[C@H](OS(=O)(=O)O)[C@H](O[C@@H]3O[C@H](C(=O)O)[C@@H](O[C@@H]4O[C@H](CO)[C@H](OS(=O)(=O)O)C[C@H]4NC(C)=O)[C@H](O)[C@H]3O)[C@H]2NC(C)=O)[C@H](O)[C@H]1O. The van der Waals surface area contributed by atoms with Crippen molar-refractivity contribution in [1.29, 1.82) is 0 Å². The van der Waals surface area contributed by atoms with Gasteiger partial charge in [0.2, 0.25) is 17.7 Å². The van der Waals surface area contributed by atoms with Crippen molar-refractivity contribution >= 4 is 66.8 Å². The zero-order valence-electron chi connectivity index (χ0n) is 46.1. The summed E-state index contributed by atoms with van der Waals surface area (Å²) in [4.78, 5) is 76.1. The summed E-state index contributed by atoms with van der Waals surface area (Å²) in [6, 6.07) is -6.22. The molecule has 0 aromatic heterocycles. The third kappa shape index (κ3) is 18.3. The molecule has 0 aliphatic carbocycles. The molecule has 6 fully saturated rings. The molecule has 90 heavy (non-hydrogen) atoms. The van der Waals surface area contributed by atoms with E-state index < -0.39 is 271 Å². The number of hydrogen-bond acceptors (Lipinski definition) is 36. The predicted octanol–water partition coefficient (Wildman–Crippen LogP) is -12.9. The number of amides is 3. The minimum Gasteiger partial charge on any atom is -0.479 e. The molecule has 19 N–H and O–H groups in total. The van der Waals surface area contributed by atoms with Gasteiger partial charge in [0.05, 0.1) is 25.9 Å². The van der Waals surface area contributed by atoms with E-state index in [9.17, 15) is 134 Å². The van der Waals surface area contributed by atoms with Gasteiger partial charge in [0, 0.05) is 27.2 Å². The number of aliphatic hydroxyl groups excluding tert-OH is 10. The van der Waals surface area contributed by atoms with Crippen molar-refractivity contribution in [3.8, 4) is 0 Å². The highest BCUT2D eigenvalue weighted by atomic mass is 32.3. The van der Waals surface area contributed by atoms with Crippen molar-refractivity contribution in [3.05, 3.63) is 0 Å². The van der Waals surface area contributed by atoms with Crippen LogP contribution in [0.25, 0.3) is 0 Å². The summed E-state index contributed by atoms with van der Waals surface area (Å²) in [6.45, 7) is -1.56. The summed E-state index contributed by atoms with van der Waals surface area (Å²) in [7, 11) is -16.9. The first-order chi connectivity index (χ1) is 41.7. The van der Waals surface area contributed by atoms with Crippen LogP contribution in [0.4, 0.5) is 0 Å². The summed E-state index contributed by atoms with van der Waals surface area (Å²) >= 11 is 0. The van der Waals surface area contributed by atoms with Crippen LogP contribution in [0.15, 0.2) is 0 Å². The molecule has 0 radical (unpaired) electrons. The molecule has 518 valence electrons. The van der Waals surface area contributed by atoms with Crippen molar-refractivity contribution in [3.63, 3.8) is 0 Å². The van der Waals surface area contributed by atoms with E-state index in [1.807, 2.05) is 0 Å². The highest BCUT2D eigenvalue weighted by Gasteiger charge is 2.61. The van der Waals surface area contributed by atoms with Crippen LogP contribution in [0.5, 0.6) is 0 Å². The van der Waals surface area contributed by atoms with Gasteiger partial charge in [0.25, 0.3) is 0 Å². The number of rotatable bonds is 25. The van der Waals surface area contributed by atoms with Crippen LogP contribution in [0.2, 0.25) is 0 Å². The lowest BCUT2D eigenvalue weighted by atomic mass is 9.93. The third-order valence-corrected chi connectivity index (χ3v) is 15.5. The predicted molar refractivity (Wildman–Crippen MR) is 265 cm³/mol. The first-order valence-corrected chi connectivity index (χ1v) is 30.0. The second-order valence-electron chi connectivity index (χ2n) is 20.5. The molecule has 0 unspecified atom stereocenters. The van der Waals surface area contributed by atoms with Crippen LogP contribution in [0.1, 0.15) is 27.2 Å². The largest absolute Gasteiger partial charge is 0.479 e. The summed E-state index contributed by atoms with van der Waals surface area (Å²) in [5.41, 5.74) is 0. The van der Waals surface area contributed by atoms with Gasteiger partial charge in [0.15, 0.2) is 56.1 Å². The normalized spacial score (nSPS) is 42.1. The molecule has 6 aliphatic heterocycles. The van der Waals surface area contributed by atoms with Crippen molar-refractivity contribution < 1.29 is 199 Å². The fourth-order valence-electron chi connectivity index (χ4n) is 10.3. The topological polar surface area (TPSA) is 694 Å². The quantitative estimate of drug-likeness (QED) is 0.0377. The summed E-state index contributed by atoms with van der Waals surface area (Å²) in [5.74, 6) is -9.53. The number of carbonyl (C=O) groups is 6. The fourth-order valence-corrected chi connectivity index (χ4v) is 11.9. The molecule has 6 rings (SSSR count). The van der Waals surface area contributed by atoms with Gasteiger partial charge >= 0.3 is 49.1 Å². The highest BCUT2D eigenvalue weighted by Crippen LogP contribution is 2.39. The van der Waals surface area contributed by atoms with E-state index >= 15 is 0 Å². The molecule has 45 nitrogen and oxygen atoms in total. The molecule has 0 spiro atoms. The second kappa shape index (κ2) is 30.3. The number of aliphatic hydroxyl groups is 10. The van der Waals surface area contributed by atoms with Gasteiger partial charge in [-0.25, -0.2) is 26.9 Å². The maximum atomic E-state index is 13.1. The number of nitrogens with one attached hydrogen (secondary N) is 3. The average Bonchev–Trinajstić information content (AvgIpc) is 0.794. The molecule has 3 amide bonds. The van der Waals surface area contributed by atoms with E-state index in [1.165, 1.54) is 0 Å². The second-order valence-corrected chi connectivity index (χ2v) is 23.6. The number of carboxylic acid groups (broad SMARTS) is 3. The Labute approximate surface area is 505 Å². The van der Waals surface area contributed by atoms with E-state index in [0.717, 1.165) is 20.8 Å². The van der Waals surface area contributed by atoms with Crippen LogP contribution in [0.3, 0.4) is 0 Å². The Morgan fingerprint density at radius 1 is 0.400 bits per heavy atom. The summed E-state index contributed by atoms with van der Waals surface area (Å²) < 4.78 is 176. The van der Waals surface area contributed by atoms with Gasteiger partial charge in [-0.05, 0) is 0 Å². The Morgan fingerprint density at radius 3 is 1.06 bits per heavy atom. The van der Waals surface area contributed by atoms with Crippen LogP contribution in [0, 0.1) is 0 Å². The Balaban J connectivity index is 1.34. The van der Waals surface area contributed by atoms with E-state index in [2.05, 4.69) is 24.3 Å². The van der Waals surface area contributed by atoms with E-state index in [1.54, 1.807) is 0 Å². The molecule has 0 aromatic carbocycles. The maximum Gasteiger partial charge on any atom is 0.397 e. The minimum absolute atomic E-state index is 0.687. The van der Waals surface area contributed by atoms with Crippen LogP contribution < -0.4 is 16.0 Å². The average molecular weight is 1380 g/mol. The van der Waals surface area contributed by atoms with Gasteiger partial charge in [-0.15, -0.1) is 0 Å². The Kier molecular flexibility index (Phi) is 25.2. The number of hydrogen-bond donors (Lipinski definition) is 19. The molecule has 6 heterocycles. The lowest BCUT2D eigenvalue weighted by Crippen LogP contribution is -2.71. The fraction of sp³-hybridized carbons (Fsp3) is 0.857. The lowest BCUT2D eigenvalue weighted by molar-refractivity contribution is -0.374. The molecule has 6 aliphatic rings. The molecule has 0 saturated carbocycles. The molecule has 29 atom stereocenters. The third-order valence-electron chi connectivity index (χ3n) is 14.0. The van der Waals surface area contributed by atoms with Crippen LogP contribution in [-0.4, -0.2) is 339 Å². The van der Waals surface area contributed by atoms with Gasteiger partial charge in [-0.2, -0.15) is 25.3 Å². The van der Waals surface area contributed by atoms with Crippen molar-refractivity contribution in [2.75, 3.05) is 19.8 Å². The Bertz CT molecular complexity index is 2880. The highest BCUT2D eigenvalue weighted by molar-refractivity contribution is 7.81. The number of carbonyl (C=O) groups excluding carboxylic acids is 3. The number of carboxylic acids is 3. The summed E-state index contributed by atoms with van der Waals surface area (Å²) in [6.07, 6.45) is -64.4. The smallest absolute Gasteiger partial charge is 0.397 e. The molecular weight excluding hydrogens is 1310 g/mol. The van der Waals surface area contributed by atoms with E-state index in [0.29, 0.717) is 0 Å². The minimum atomic E-state index is -5.82. The molecular formula is C42H65N3O42S3. The van der Waals surface area contributed by atoms with E-state index in [4.69, 9.17) is 56.3 Å². The standard InChI is InChI=1S/C42H65N3O42S3/c1-8(49)43-11-4-12(85-88(65,66)67)13(5-46)74-38(11)80-29-19(53)22(56)41(83-32(29)35(60)61)78-27-17(45-10(3)51)40(76-15(7-48)25(27)87-90(71,72)73)82-30-20(54)23(57)42(84-33(30)36(62)63)79-26-16(44-9(2)50)39(75-14(6-47)24(26)86-89(68,69)70)81-28-18(52)21(55)37(64)77-31(28)34(58)59/h11-33,37-42,46-48,52-57,64H,4-7H2,1-3H3,(H,43,49)(H,44,50)(H,45,51)(H,58,59)(H,60,61)(H,62,63)(H,65,66,67)(H,68,69,70)(H,71,72,73)/t11-,12-,13-,14-,15-,16-,17-,18-,19-,20-,21-,22-,23-,24+,25+,26-,27-,28+,29+,30+,31+,32+,33+,37-,38+,39+,40+,41-,42-/m1/s1. The van der Waals surface area contributed by atoms with Gasteiger partial charge in [-0.3, -0.25) is 28.0 Å². The van der Waals surface area contributed by atoms with Crippen molar-refractivity contribution in [2.24, 2.45) is 0 Å². The van der Waals surface area contributed by atoms with Gasteiger partial charge < -0.3 is 134 Å². The monoisotopic (exact) mass is 1380 g/mol. The number of aliphatic carboxylic acids is 3. The van der Waals surface area contributed by atoms with Crippen molar-refractivity contribution in [2.45, 2.75) is 205 Å². The molecule has 0 bridgehead atoms. The molecule has 48 heteroatoms. The van der Waals surface area contributed by atoms with Crippen LogP contribution in [-0.2, 0) is 125 Å². The van der Waals surface area contributed by atoms with Gasteiger partial charge in [0.1, 0.15) is 116 Å². The molecule has 6 saturated heterocycles.